The molecule has 2 aromatic heterocycles. The van der Waals surface area contributed by atoms with Crippen molar-refractivity contribution in [3.8, 4) is 0 Å². The zero-order valence-electron chi connectivity index (χ0n) is 13.6. The maximum Gasteiger partial charge on any atom is 0.274 e. The van der Waals surface area contributed by atoms with E-state index in [-0.39, 0.29) is 11.7 Å². The van der Waals surface area contributed by atoms with E-state index in [0.29, 0.717) is 22.6 Å². The van der Waals surface area contributed by atoms with Gasteiger partial charge in [0.05, 0.1) is 5.69 Å². The molecular formula is C18H16BrN3O2. The average Bonchev–Trinajstić information content (AvgIpc) is 2.84. The quantitative estimate of drug-likeness (QED) is 0.688. The second kappa shape index (κ2) is 6.20. The van der Waals surface area contributed by atoms with Crippen LogP contribution in [-0.2, 0) is 0 Å². The summed E-state index contributed by atoms with van der Waals surface area (Å²) in [5.41, 5.74) is 3.98. The van der Waals surface area contributed by atoms with E-state index in [0.717, 1.165) is 15.7 Å². The largest absolute Gasteiger partial charge is 0.321 e. The van der Waals surface area contributed by atoms with Crippen molar-refractivity contribution >= 4 is 39.0 Å². The number of Topliss-reactive ketones (excluding diaryl/α,β-unsaturated/α-hetero) is 1. The predicted octanol–water partition coefficient (Wildman–Crippen LogP) is 4.17. The number of fused-ring (bicyclic) bond motifs is 1. The minimum Gasteiger partial charge on any atom is -0.321 e. The molecule has 1 N–H and O–H groups in total. The van der Waals surface area contributed by atoms with Crippen LogP contribution < -0.4 is 5.32 Å². The number of rotatable bonds is 3. The van der Waals surface area contributed by atoms with Gasteiger partial charge in [0.25, 0.3) is 5.91 Å². The third-order valence-electron chi connectivity index (χ3n) is 3.79. The highest BCUT2D eigenvalue weighted by molar-refractivity contribution is 9.10. The topological polar surface area (TPSA) is 63.5 Å². The molecule has 0 fully saturated rings. The van der Waals surface area contributed by atoms with Gasteiger partial charge in [0, 0.05) is 21.9 Å². The molecule has 0 unspecified atom stereocenters. The molecule has 0 aliphatic heterocycles. The lowest BCUT2D eigenvalue weighted by Gasteiger charge is -2.08. The highest BCUT2D eigenvalue weighted by atomic mass is 79.9. The van der Waals surface area contributed by atoms with Gasteiger partial charge in [-0.05, 0) is 60.5 Å². The van der Waals surface area contributed by atoms with Gasteiger partial charge in [-0.25, -0.2) is 4.98 Å². The molecule has 6 heteroatoms. The number of halogens is 1. The first-order valence-electron chi connectivity index (χ1n) is 7.44. The summed E-state index contributed by atoms with van der Waals surface area (Å²) >= 11 is 3.45. The Labute approximate surface area is 147 Å². The lowest BCUT2D eigenvalue weighted by atomic mass is 10.1. The molecule has 24 heavy (non-hydrogen) atoms. The number of pyridine rings is 1. The predicted molar refractivity (Wildman–Crippen MR) is 96.8 cm³/mol. The van der Waals surface area contributed by atoms with Gasteiger partial charge in [0.2, 0.25) is 0 Å². The fourth-order valence-corrected chi connectivity index (χ4v) is 3.21. The van der Waals surface area contributed by atoms with Crippen molar-refractivity contribution in [2.24, 2.45) is 0 Å². The number of aromatic nitrogens is 2. The van der Waals surface area contributed by atoms with Gasteiger partial charge in [0.15, 0.2) is 5.78 Å². The smallest absolute Gasteiger partial charge is 0.274 e. The number of amides is 1. The number of carbonyl (C=O) groups is 2. The number of benzene rings is 1. The molecule has 0 spiro atoms. The van der Waals surface area contributed by atoms with Crippen LogP contribution >= 0.6 is 15.9 Å². The van der Waals surface area contributed by atoms with Crippen LogP contribution in [0.4, 0.5) is 5.69 Å². The minimum atomic E-state index is -0.266. The van der Waals surface area contributed by atoms with Crippen molar-refractivity contribution in [2.45, 2.75) is 20.8 Å². The van der Waals surface area contributed by atoms with E-state index in [1.165, 1.54) is 6.92 Å². The number of ketones is 1. The second-order valence-corrected chi connectivity index (χ2v) is 6.59. The molecule has 3 rings (SSSR count). The first-order valence-corrected chi connectivity index (χ1v) is 8.23. The normalized spacial score (nSPS) is 10.8. The molecule has 122 valence electrons. The molecule has 0 saturated heterocycles. The van der Waals surface area contributed by atoms with Gasteiger partial charge in [-0.2, -0.15) is 0 Å². The van der Waals surface area contributed by atoms with Crippen LogP contribution in [-0.4, -0.2) is 21.1 Å². The molecule has 0 aliphatic carbocycles. The van der Waals surface area contributed by atoms with E-state index in [2.05, 4.69) is 26.2 Å². The zero-order valence-corrected chi connectivity index (χ0v) is 15.1. The summed E-state index contributed by atoms with van der Waals surface area (Å²) in [6.45, 7) is 5.25. The van der Waals surface area contributed by atoms with Crippen LogP contribution in [0.15, 0.2) is 41.0 Å². The minimum absolute atomic E-state index is 0.0448. The van der Waals surface area contributed by atoms with Gasteiger partial charge in [-0.15, -0.1) is 0 Å². The van der Waals surface area contributed by atoms with Crippen LogP contribution in [0.2, 0.25) is 0 Å². The van der Waals surface area contributed by atoms with Crippen LogP contribution in [0, 0.1) is 13.8 Å². The van der Waals surface area contributed by atoms with E-state index in [9.17, 15) is 9.59 Å². The van der Waals surface area contributed by atoms with Crippen molar-refractivity contribution in [3.05, 3.63) is 63.5 Å². The molecule has 0 radical (unpaired) electrons. The number of anilines is 1. The molecule has 0 saturated carbocycles. The Bertz CT molecular complexity index is 976. The Morgan fingerprint density at radius 1 is 1.21 bits per heavy atom. The zero-order chi connectivity index (χ0) is 17.4. The number of hydrogen-bond donors (Lipinski definition) is 1. The van der Waals surface area contributed by atoms with Gasteiger partial charge in [0.1, 0.15) is 11.3 Å². The van der Waals surface area contributed by atoms with Crippen LogP contribution in [0.5, 0.6) is 0 Å². The third kappa shape index (κ3) is 2.97. The van der Waals surface area contributed by atoms with Crippen LogP contribution in [0.25, 0.3) is 5.65 Å². The Morgan fingerprint density at radius 3 is 2.67 bits per heavy atom. The Hall–Kier alpha value is -2.47. The highest BCUT2D eigenvalue weighted by Crippen LogP contribution is 2.21. The van der Waals surface area contributed by atoms with Crippen molar-refractivity contribution in [2.75, 3.05) is 5.32 Å². The maximum absolute atomic E-state index is 12.7. The fourth-order valence-electron chi connectivity index (χ4n) is 2.66. The van der Waals surface area contributed by atoms with Crippen LogP contribution in [0.3, 0.4) is 0 Å². The summed E-state index contributed by atoms with van der Waals surface area (Å²) in [4.78, 5) is 28.7. The second-order valence-electron chi connectivity index (χ2n) is 5.67. The molecule has 1 aromatic carbocycles. The third-order valence-corrected chi connectivity index (χ3v) is 4.22. The SMILES string of the molecule is CC(=O)c1cccc(NC(=O)c2c(C)nc3c(C)cc(Br)cn23)c1. The first-order chi connectivity index (χ1) is 11.4. The summed E-state index contributed by atoms with van der Waals surface area (Å²) in [5.74, 6) is -0.310. The molecular weight excluding hydrogens is 370 g/mol. The van der Waals surface area contributed by atoms with Gasteiger partial charge in [-0.3, -0.25) is 14.0 Å². The molecule has 0 atom stereocenters. The average molecular weight is 386 g/mol. The number of hydrogen-bond acceptors (Lipinski definition) is 3. The van der Waals surface area contributed by atoms with Crippen molar-refractivity contribution in [3.63, 3.8) is 0 Å². The van der Waals surface area contributed by atoms with E-state index in [4.69, 9.17) is 0 Å². The number of carbonyl (C=O) groups excluding carboxylic acids is 2. The Morgan fingerprint density at radius 2 is 1.96 bits per heavy atom. The van der Waals surface area contributed by atoms with Gasteiger partial charge < -0.3 is 5.32 Å². The van der Waals surface area contributed by atoms with E-state index in [1.807, 2.05) is 19.2 Å². The van der Waals surface area contributed by atoms with Crippen molar-refractivity contribution in [1.82, 2.24) is 9.38 Å². The standard InChI is InChI=1S/C18H16BrN3O2/c1-10-7-14(19)9-22-16(11(2)20-17(10)22)18(24)21-15-6-4-5-13(8-15)12(3)23/h4-9H,1-3H3,(H,21,24). The maximum atomic E-state index is 12.7. The molecule has 2 heterocycles. The summed E-state index contributed by atoms with van der Waals surface area (Å²) in [5, 5.41) is 2.84. The number of imidazole rings is 1. The number of nitrogens with one attached hydrogen (secondary N) is 1. The summed E-state index contributed by atoms with van der Waals surface area (Å²) < 4.78 is 2.65. The van der Waals surface area contributed by atoms with Crippen LogP contribution in [0.1, 0.15) is 39.0 Å². The van der Waals surface area contributed by atoms with E-state index in [1.54, 1.807) is 35.6 Å². The number of aryl methyl sites for hydroxylation is 2. The monoisotopic (exact) mass is 385 g/mol. The summed E-state index contributed by atoms with van der Waals surface area (Å²) in [6.07, 6.45) is 1.82. The molecule has 0 bridgehead atoms. The van der Waals surface area contributed by atoms with Gasteiger partial charge in [-0.1, -0.05) is 12.1 Å². The van der Waals surface area contributed by atoms with E-state index < -0.39 is 0 Å². The molecule has 3 aromatic rings. The molecule has 1 amide bonds. The van der Waals surface area contributed by atoms with Gasteiger partial charge >= 0.3 is 0 Å². The Kier molecular flexibility index (Phi) is 4.24. The summed E-state index contributed by atoms with van der Waals surface area (Å²) in [6, 6.07) is 8.84. The molecule has 0 aliphatic rings. The summed E-state index contributed by atoms with van der Waals surface area (Å²) in [7, 11) is 0. The number of nitrogens with zero attached hydrogens (tertiary/aromatic N) is 2. The molecule has 5 nitrogen and oxygen atoms in total. The fraction of sp³-hybridized carbons (Fsp3) is 0.167. The lowest BCUT2D eigenvalue weighted by molar-refractivity contribution is 0.100. The van der Waals surface area contributed by atoms with Crippen molar-refractivity contribution in [1.29, 1.82) is 0 Å². The highest BCUT2D eigenvalue weighted by Gasteiger charge is 2.18. The van der Waals surface area contributed by atoms with E-state index >= 15 is 0 Å². The first kappa shape index (κ1) is 16.4. The lowest BCUT2D eigenvalue weighted by Crippen LogP contribution is -2.16. The Balaban J connectivity index is 2.02. The van der Waals surface area contributed by atoms with Crippen molar-refractivity contribution < 1.29 is 9.59 Å².